The molecule has 3 rings (SSSR count). The monoisotopic (exact) mass is 352 g/mol. The second-order valence-electron chi connectivity index (χ2n) is 5.76. The maximum atomic E-state index is 12.8. The zero-order valence-corrected chi connectivity index (χ0v) is 14.3. The summed E-state index contributed by atoms with van der Waals surface area (Å²) < 4.78 is 10.6. The molecule has 1 amide bonds. The third kappa shape index (κ3) is 3.45. The molecule has 2 N–H and O–H groups in total. The Hall–Kier alpha value is -1.89. The molecule has 0 saturated carbocycles. The molecule has 2 aromatic rings. The number of halogens is 1. The molecule has 1 aliphatic heterocycles. The van der Waals surface area contributed by atoms with Gasteiger partial charge in [0.15, 0.2) is 0 Å². The Kier molecular flexibility index (Phi) is 5.99. The summed E-state index contributed by atoms with van der Waals surface area (Å²) in [5, 5.41) is 0.728. The van der Waals surface area contributed by atoms with Crippen LogP contribution in [0.4, 0.5) is 0 Å². The standard InChI is InChI=1S/C17H20N2O4.ClH/c1-22-13-6-7-19(12(9-13)10-18)16(20)14-8-11-4-2-3-5-15(11)23-17(14)21;/h2-5,8,12-13H,6-7,9-10,18H2,1H3;1H. The Morgan fingerprint density at radius 2 is 2.17 bits per heavy atom. The normalized spacial score (nSPS) is 20.7. The van der Waals surface area contributed by atoms with Crippen LogP contribution in [0.5, 0.6) is 0 Å². The second kappa shape index (κ2) is 7.79. The maximum Gasteiger partial charge on any atom is 0.349 e. The third-order valence-electron chi connectivity index (χ3n) is 4.41. The van der Waals surface area contributed by atoms with Gasteiger partial charge in [0.1, 0.15) is 11.1 Å². The number of benzene rings is 1. The number of hydrogen-bond acceptors (Lipinski definition) is 5. The minimum Gasteiger partial charge on any atom is -0.422 e. The van der Waals surface area contributed by atoms with E-state index in [1.54, 1.807) is 30.2 Å². The SMILES string of the molecule is COC1CCN(C(=O)c2cc3ccccc3oc2=O)C(CN)C1.Cl. The fourth-order valence-corrected chi connectivity index (χ4v) is 3.08. The number of amides is 1. The largest absolute Gasteiger partial charge is 0.422 e. The smallest absolute Gasteiger partial charge is 0.349 e. The van der Waals surface area contributed by atoms with Gasteiger partial charge in [-0.15, -0.1) is 12.4 Å². The number of methoxy groups -OCH3 is 1. The highest BCUT2D eigenvalue weighted by Gasteiger charge is 2.32. The van der Waals surface area contributed by atoms with Crippen molar-refractivity contribution in [2.24, 2.45) is 5.73 Å². The molecule has 2 unspecified atom stereocenters. The van der Waals surface area contributed by atoms with Crippen LogP contribution in [0.2, 0.25) is 0 Å². The van der Waals surface area contributed by atoms with E-state index in [9.17, 15) is 9.59 Å². The Balaban J connectivity index is 0.00000208. The molecule has 1 aromatic carbocycles. The molecule has 1 saturated heterocycles. The first-order valence-corrected chi connectivity index (χ1v) is 7.70. The molecule has 1 fully saturated rings. The fraction of sp³-hybridized carbons (Fsp3) is 0.412. The molecule has 0 radical (unpaired) electrons. The van der Waals surface area contributed by atoms with Crippen molar-refractivity contribution < 1.29 is 13.9 Å². The van der Waals surface area contributed by atoms with Gasteiger partial charge in [0.25, 0.3) is 5.91 Å². The Bertz CT molecular complexity index is 777. The van der Waals surface area contributed by atoms with Gasteiger partial charge in [-0.2, -0.15) is 0 Å². The van der Waals surface area contributed by atoms with E-state index in [0.29, 0.717) is 25.1 Å². The molecule has 24 heavy (non-hydrogen) atoms. The van der Waals surface area contributed by atoms with E-state index in [4.69, 9.17) is 14.9 Å². The number of likely N-dealkylation sites (tertiary alicyclic amines) is 1. The van der Waals surface area contributed by atoms with Gasteiger partial charge < -0.3 is 19.8 Å². The minimum atomic E-state index is -0.613. The first-order valence-electron chi connectivity index (χ1n) is 7.70. The average Bonchev–Trinajstić information content (AvgIpc) is 2.59. The molecule has 1 aromatic heterocycles. The van der Waals surface area contributed by atoms with E-state index in [2.05, 4.69) is 0 Å². The molecule has 7 heteroatoms. The quantitative estimate of drug-likeness (QED) is 0.851. The zero-order chi connectivity index (χ0) is 16.4. The minimum absolute atomic E-state index is 0. The van der Waals surface area contributed by atoms with E-state index >= 15 is 0 Å². The highest BCUT2D eigenvalue weighted by molar-refractivity contribution is 5.96. The van der Waals surface area contributed by atoms with E-state index < -0.39 is 5.63 Å². The molecule has 2 heterocycles. The number of ether oxygens (including phenoxy) is 1. The molecule has 0 spiro atoms. The summed E-state index contributed by atoms with van der Waals surface area (Å²) in [6.45, 7) is 0.857. The van der Waals surface area contributed by atoms with Crippen molar-refractivity contribution in [3.8, 4) is 0 Å². The zero-order valence-electron chi connectivity index (χ0n) is 13.4. The summed E-state index contributed by atoms with van der Waals surface area (Å²) >= 11 is 0. The Morgan fingerprint density at radius 3 is 2.88 bits per heavy atom. The van der Waals surface area contributed by atoms with Crippen LogP contribution in [-0.4, -0.2) is 43.2 Å². The molecule has 6 nitrogen and oxygen atoms in total. The van der Waals surface area contributed by atoms with Crippen molar-refractivity contribution in [3.63, 3.8) is 0 Å². The van der Waals surface area contributed by atoms with Crippen LogP contribution < -0.4 is 11.4 Å². The van der Waals surface area contributed by atoms with Crippen molar-refractivity contribution in [1.29, 1.82) is 0 Å². The number of nitrogens with zero attached hydrogens (tertiary/aromatic N) is 1. The van der Waals surface area contributed by atoms with Gasteiger partial charge in [0.2, 0.25) is 0 Å². The van der Waals surface area contributed by atoms with E-state index in [1.807, 2.05) is 12.1 Å². The average molecular weight is 353 g/mol. The first kappa shape index (κ1) is 18.4. The molecule has 0 aliphatic carbocycles. The fourth-order valence-electron chi connectivity index (χ4n) is 3.08. The number of carbonyl (C=O) groups is 1. The van der Waals surface area contributed by atoms with Crippen LogP contribution in [-0.2, 0) is 4.74 Å². The predicted octanol–water partition coefficient (Wildman–Crippen LogP) is 1.79. The molecule has 130 valence electrons. The van der Waals surface area contributed by atoms with Crippen LogP contribution in [0.25, 0.3) is 11.0 Å². The van der Waals surface area contributed by atoms with Gasteiger partial charge in [-0.25, -0.2) is 4.79 Å². The van der Waals surface area contributed by atoms with Crippen molar-refractivity contribution in [1.82, 2.24) is 4.90 Å². The molecular weight excluding hydrogens is 332 g/mol. The molecule has 2 atom stereocenters. The Labute approximate surface area is 146 Å². The lowest BCUT2D eigenvalue weighted by Gasteiger charge is -2.38. The highest BCUT2D eigenvalue weighted by Crippen LogP contribution is 2.22. The van der Waals surface area contributed by atoms with Crippen LogP contribution in [0, 0.1) is 0 Å². The molecule has 1 aliphatic rings. The number of rotatable bonds is 3. The van der Waals surface area contributed by atoms with Gasteiger partial charge in [-0.1, -0.05) is 18.2 Å². The number of carbonyl (C=O) groups excluding carboxylic acids is 1. The van der Waals surface area contributed by atoms with Crippen LogP contribution >= 0.6 is 12.4 Å². The third-order valence-corrected chi connectivity index (χ3v) is 4.41. The second-order valence-corrected chi connectivity index (χ2v) is 5.76. The maximum absolute atomic E-state index is 12.8. The van der Waals surface area contributed by atoms with Gasteiger partial charge in [-0.3, -0.25) is 4.79 Å². The van der Waals surface area contributed by atoms with Gasteiger partial charge >= 0.3 is 5.63 Å². The summed E-state index contributed by atoms with van der Waals surface area (Å²) in [6.07, 6.45) is 1.51. The van der Waals surface area contributed by atoms with E-state index in [0.717, 1.165) is 11.8 Å². The summed E-state index contributed by atoms with van der Waals surface area (Å²) in [5.74, 6) is -0.325. The highest BCUT2D eigenvalue weighted by atomic mass is 35.5. The number of fused-ring (bicyclic) bond motifs is 1. The first-order chi connectivity index (χ1) is 11.1. The van der Waals surface area contributed by atoms with Crippen molar-refractivity contribution in [2.75, 3.05) is 20.2 Å². The van der Waals surface area contributed by atoms with Crippen molar-refractivity contribution >= 4 is 29.3 Å². The van der Waals surface area contributed by atoms with E-state index in [1.165, 1.54) is 0 Å². The molecule has 0 bridgehead atoms. The van der Waals surface area contributed by atoms with Crippen molar-refractivity contribution in [2.45, 2.75) is 25.0 Å². The van der Waals surface area contributed by atoms with Gasteiger partial charge in [-0.05, 0) is 25.0 Å². The topological polar surface area (TPSA) is 85.8 Å². The van der Waals surface area contributed by atoms with Crippen molar-refractivity contribution in [3.05, 3.63) is 46.3 Å². The molecular formula is C17H21ClN2O4. The summed E-state index contributed by atoms with van der Waals surface area (Å²) in [7, 11) is 1.66. The Morgan fingerprint density at radius 1 is 1.42 bits per heavy atom. The number of para-hydroxylation sites is 1. The van der Waals surface area contributed by atoms with Crippen LogP contribution in [0.15, 0.2) is 39.5 Å². The lowest BCUT2D eigenvalue weighted by molar-refractivity contribution is 0.0137. The summed E-state index contributed by atoms with van der Waals surface area (Å²) in [6, 6.07) is 8.60. The lowest BCUT2D eigenvalue weighted by Crippen LogP contribution is -2.51. The van der Waals surface area contributed by atoms with E-state index in [-0.39, 0.29) is 36.0 Å². The lowest BCUT2D eigenvalue weighted by atomic mass is 9.98. The summed E-state index contributed by atoms with van der Waals surface area (Å²) in [4.78, 5) is 26.6. The summed E-state index contributed by atoms with van der Waals surface area (Å²) in [5.41, 5.74) is 5.72. The van der Waals surface area contributed by atoms with Gasteiger partial charge in [0, 0.05) is 31.6 Å². The number of nitrogens with two attached hydrogens (primary N) is 1. The number of piperidine rings is 1. The van der Waals surface area contributed by atoms with Crippen LogP contribution in [0.3, 0.4) is 0 Å². The van der Waals surface area contributed by atoms with Gasteiger partial charge in [0.05, 0.1) is 6.10 Å². The van der Waals surface area contributed by atoms with Crippen LogP contribution in [0.1, 0.15) is 23.2 Å². The predicted molar refractivity (Wildman–Crippen MR) is 93.6 cm³/mol. The number of hydrogen-bond donors (Lipinski definition) is 1.